The van der Waals surface area contributed by atoms with E-state index in [1.807, 2.05) is 0 Å². The number of benzene rings is 2. The molecule has 0 atom stereocenters. The van der Waals surface area contributed by atoms with Crippen LogP contribution in [0.5, 0.6) is 5.75 Å². The van der Waals surface area contributed by atoms with Crippen molar-refractivity contribution in [1.29, 1.82) is 0 Å². The van der Waals surface area contributed by atoms with E-state index in [0.29, 0.717) is 11.4 Å². The van der Waals surface area contributed by atoms with Crippen LogP contribution in [0.15, 0.2) is 53.5 Å². The molecule has 0 aliphatic carbocycles. The lowest BCUT2D eigenvalue weighted by atomic mass is 10.1. The first-order valence-electron chi connectivity index (χ1n) is 7.19. The number of para-hydroxylation sites is 1. The maximum atomic E-state index is 12.4. The van der Waals surface area contributed by atoms with E-state index >= 15 is 0 Å². The average molecular weight is 327 g/mol. The molecule has 2 aromatic carbocycles. The molecule has 0 aliphatic rings. The molecule has 0 amide bonds. The van der Waals surface area contributed by atoms with Crippen molar-refractivity contribution < 1.29 is 19.1 Å². The number of carbonyl (C=O) groups is 2. The van der Waals surface area contributed by atoms with Crippen LogP contribution >= 0.6 is 0 Å². The van der Waals surface area contributed by atoms with E-state index in [1.54, 1.807) is 37.3 Å². The van der Waals surface area contributed by atoms with Crippen LogP contribution in [0.3, 0.4) is 0 Å². The van der Waals surface area contributed by atoms with Gasteiger partial charge in [0.15, 0.2) is 5.96 Å². The molecule has 0 spiro atoms. The Kier molecular flexibility index (Phi) is 5.51. The van der Waals surface area contributed by atoms with Crippen molar-refractivity contribution in [2.45, 2.75) is 6.92 Å². The van der Waals surface area contributed by atoms with Gasteiger partial charge in [-0.3, -0.25) is 0 Å². The molecule has 7 nitrogen and oxygen atoms in total. The van der Waals surface area contributed by atoms with Gasteiger partial charge in [-0.25, -0.2) is 14.6 Å². The highest BCUT2D eigenvalue weighted by molar-refractivity contribution is 6.04. The molecule has 124 valence electrons. The summed E-state index contributed by atoms with van der Waals surface area (Å²) >= 11 is 0. The molecule has 2 rings (SSSR count). The van der Waals surface area contributed by atoms with Crippen molar-refractivity contribution in [3.8, 4) is 5.75 Å². The molecule has 24 heavy (non-hydrogen) atoms. The normalized spacial score (nSPS) is 9.88. The minimum atomic E-state index is -0.680. The van der Waals surface area contributed by atoms with Gasteiger partial charge >= 0.3 is 11.9 Å². The predicted octanol–water partition coefficient (Wildman–Crippen LogP) is 1.99. The van der Waals surface area contributed by atoms with Crippen molar-refractivity contribution in [1.82, 2.24) is 0 Å². The Hall–Kier alpha value is -3.35. The quantitative estimate of drug-likeness (QED) is 0.375. The molecule has 0 bridgehead atoms. The van der Waals surface area contributed by atoms with Crippen molar-refractivity contribution in [3.63, 3.8) is 0 Å². The summed E-state index contributed by atoms with van der Waals surface area (Å²) in [7, 11) is 0. The zero-order valence-electron chi connectivity index (χ0n) is 13.1. The summed E-state index contributed by atoms with van der Waals surface area (Å²) in [6.45, 7) is 1.83. The monoisotopic (exact) mass is 327 g/mol. The number of rotatable bonds is 5. The standard InChI is InChI=1S/C17H17N3O4/c1-2-23-15(21)14-10-11(20-17(18)19)8-9-13(14)16(22)24-12-6-4-3-5-7-12/h3-10H,2H2,1H3,(H4,18,19,20). The number of hydrogen-bond donors (Lipinski definition) is 2. The number of esters is 2. The first-order chi connectivity index (χ1) is 11.5. The number of guanidine groups is 1. The summed E-state index contributed by atoms with van der Waals surface area (Å²) in [4.78, 5) is 28.3. The van der Waals surface area contributed by atoms with Gasteiger partial charge in [0.1, 0.15) is 5.75 Å². The van der Waals surface area contributed by atoms with E-state index in [-0.39, 0.29) is 23.7 Å². The van der Waals surface area contributed by atoms with Crippen molar-refractivity contribution in [2.24, 2.45) is 16.5 Å². The average Bonchev–Trinajstić information content (AvgIpc) is 2.55. The van der Waals surface area contributed by atoms with Crippen LogP contribution in [0.2, 0.25) is 0 Å². The maximum Gasteiger partial charge on any atom is 0.344 e. The predicted molar refractivity (Wildman–Crippen MR) is 89.3 cm³/mol. The van der Waals surface area contributed by atoms with E-state index in [9.17, 15) is 9.59 Å². The minimum absolute atomic E-state index is 0.0280. The maximum absolute atomic E-state index is 12.4. The molecule has 0 radical (unpaired) electrons. The number of nitrogens with two attached hydrogens (primary N) is 2. The number of ether oxygens (including phenoxy) is 2. The zero-order valence-corrected chi connectivity index (χ0v) is 13.1. The summed E-state index contributed by atoms with van der Waals surface area (Å²) in [6, 6.07) is 12.8. The third-order valence-electron chi connectivity index (χ3n) is 2.93. The minimum Gasteiger partial charge on any atom is -0.462 e. The number of hydrogen-bond acceptors (Lipinski definition) is 5. The summed E-state index contributed by atoms with van der Waals surface area (Å²) in [5.41, 5.74) is 11.1. The largest absolute Gasteiger partial charge is 0.462 e. The molecule has 0 saturated carbocycles. The Morgan fingerprint density at radius 2 is 1.71 bits per heavy atom. The Morgan fingerprint density at radius 3 is 2.33 bits per heavy atom. The lowest BCUT2D eigenvalue weighted by Gasteiger charge is -2.10. The van der Waals surface area contributed by atoms with Crippen LogP contribution in [-0.2, 0) is 4.74 Å². The van der Waals surface area contributed by atoms with Crippen molar-refractivity contribution in [3.05, 3.63) is 59.7 Å². The van der Waals surface area contributed by atoms with Gasteiger partial charge in [0.25, 0.3) is 0 Å². The fourth-order valence-electron chi connectivity index (χ4n) is 1.96. The molecule has 7 heteroatoms. The van der Waals surface area contributed by atoms with E-state index in [1.165, 1.54) is 18.2 Å². The number of nitrogens with zero attached hydrogens (tertiary/aromatic N) is 1. The third-order valence-corrected chi connectivity index (χ3v) is 2.93. The van der Waals surface area contributed by atoms with Crippen molar-refractivity contribution in [2.75, 3.05) is 6.61 Å². The SMILES string of the molecule is CCOC(=O)c1cc(N=C(N)N)ccc1C(=O)Oc1ccccc1. The van der Waals surface area contributed by atoms with Crippen LogP contribution in [0, 0.1) is 0 Å². The van der Waals surface area contributed by atoms with Crippen LogP contribution < -0.4 is 16.2 Å². The molecule has 0 aromatic heterocycles. The summed E-state index contributed by atoms with van der Waals surface area (Å²) in [6.07, 6.45) is 0. The van der Waals surface area contributed by atoms with Gasteiger partial charge in [-0.15, -0.1) is 0 Å². The molecule has 0 aliphatic heterocycles. The van der Waals surface area contributed by atoms with Crippen LogP contribution in [-0.4, -0.2) is 24.5 Å². The fourth-order valence-corrected chi connectivity index (χ4v) is 1.96. The Labute approximate surface area is 138 Å². The number of aliphatic imine (C=N–C) groups is 1. The second-order valence-corrected chi connectivity index (χ2v) is 4.69. The van der Waals surface area contributed by atoms with E-state index in [0.717, 1.165) is 0 Å². The summed E-state index contributed by atoms with van der Waals surface area (Å²) in [5.74, 6) is -1.14. The highest BCUT2D eigenvalue weighted by Crippen LogP contribution is 2.21. The molecule has 0 heterocycles. The molecular formula is C17H17N3O4. The molecule has 0 saturated heterocycles. The Bertz CT molecular complexity index is 769. The van der Waals surface area contributed by atoms with Gasteiger partial charge in [0.05, 0.1) is 23.4 Å². The third kappa shape index (κ3) is 4.33. The van der Waals surface area contributed by atoms with Gasteiger partial charge < -0.3 is 20.9 Å². The molecule has 2 aromatic rings. The van der Waals surface area contributed by atoms with Gasteiger partial charge in [-0.05, 0) is 37.3 Å². The lowest BCUT2D eigenvalue weighted by molar-refractivity contribution is 0.0517. The second kappa shape index (κ2) is 7.77. The first-order valence-corrected chi connectivity index (χ1v) is 7.19. The van der Waals surface area contributed by atoms with Gasteiger partial charge in [0, 0.05) is 0 Å². The second-order valence-electron chi connectivity index (χ2n) is 4.69. The summed E-state index contributed by atoms with van der Waals surface area (Å²) in [5, 5.41) is 0. The van der Waals surface area contributed by atoms with Gasteiger partial charge in [-0.1, -0.05) is 18.2 Å². The highest BCUT2D eigenvalue weighted by atomic mass is 16.5. The Balaban J connectivity index is 2.38. The van der Waals surface area contributed by atoms with Gasteiger partial charge in [0.2, 0.25) is 0 Å². The molecule has 0 unspecified atom stereocenters. The van der Waals surface area contributed by atoms with Crippen LogP contribution in [0.25, 0.3) is 0 Å². The lowest BCUT2D eigenvalue weighted by Crippen LogP contribution is -2.22. The van der Waals surface area contributed by atoms with E-state index in [4.69, 9.17) is 20.9 Å². The van der Waals surface area contributed by atoms with E-state index < -0.39 is 11.9 Å². The zero-order chi connectivity index (χ0) is 17.5. The molecule has 0 fully saturated rings. The topological polar surface area (TPSA) is 117 Å². The smallest absolute Gasteiger partial charge is 0.344 e. The summed E-state index contributed by atoms with van der Waals surface area (Å²) < 4.78 is 10.2. The molecule has 4 N–H and O–H groups in total. The van der Waals surface area contributed by atoms with Gasteiger partial charge in [-0.2, -0.15) is 0 Å². The fraction of sp³-hybridized carbons (Fsp3) is 0.118. The highest BCUT2D eigenvalue weighted by Gasteiger charge is 2.20. The van der Waals surface area contributed by atoms with Crippen LogP contribution in [0.1, 0.15) is 27.6 Å². The molecular weight excluding hydrogens is 310 g/mol. The number of carbonyl (C=O) groups excluding carboxylic acids is 2. The van der Waals surface area contributed by atoms with Crippen LogP contribution in [0.4, 0.5) is 5.69 Å². The Morgan fingerprint density at radius 1 is 1.00 bits per heavy atom. The first kappa shape index (κ1) is 17.0. The van der Waals surface area contributed by atoms with Crippen molar-refractivity contribution >= 4 is 23.6 Å². The van der Waals surface area contributed by atoms with E-state index in [2.05, 4.69) is 4.99 Å².